The highest BCUT2D eigenvalue weighted by Crippen LogP contribution is 2.27. The number of carbonyl (C=O) groups is 1. The van der Waals surface area contributed by atoms with Gasteiger partial charge in [-0.15, -0.1) is 10.2 Å². The number of nitrogens with one attached hydrogen (secondary N) is 1. The SMILES string of the molecule is Cc1nn2c(=O)cc(COc3ccc(/C=C(/C#N)C(=O)Nc4nnc(-c5ccco5)s4)cc3)nc2s1. The van der Waals surface area contributed by atoms with Crippen molar-refractivity contribution in [3.8, 4) is 22.6 Å². The maximum Gasteiger partial charge on any atom is 0.275 e. The number of nitrogens with zero attached hydrogens (tertiary/aromatic N) is 6. The van der Waals surface area contributed by atoms with Gasteiger partial charge in [-0.1, -0.05) is 34.8 Å². The van der Waals surface area contributed by atoms with Gasteiger partial charge < -0.3 is 9.15 Å². The Balaban J connectivity index is 1.23. The number of furan rings is 1. The van der Waals surface area contributed by atoms with Crippen molar-refractivity contribution in [2.75, 3.05) is 5.32 Å². The molecule has 36 heavy (non-hydrogen) atoms. The van der Waals surface area contributed by atoms with E-state index in [2.05, 4.69) is 25.6 Å². The van der Waals surface area contributed by atoms with E-state index in [1.165, 1.54) is 34.3 Å². The molecule has 178 valence electrons. The molecule has 0 saturated carbocycles. The molecule has 1 aromatic carbocycles. The van der Waals surface area contributed by atoms with Crippen LogP contribution in [0.4, 0.5) is 5.13 Å². The molecule has 0 fully saturated rings. The number of anilines is 1. The molecule has 0 bridgehead atoms. The van der Waals surface area contributed by atoms with Crippen molar-refractivity contribution in [2.45, 2.75) is 13.5 Å². The monoisotopic (exact) mass is 517 g/mol. The number of rotatable bonds is 7. The zero-order valence-electron chi connectivity index (χ0n) is 18.5. The Hall–Kier alpha value is -4.67. The van der Waals surface area contributed by atoms with E-state index in [0.29, 0.717) is 32.7 Å². The van der Waals surface area contributed by atoms with Gasteiger partial charge in [-0.2, -0.15) is 14.9 Å². The van der Waals surface area contributed by atoms with Crippen LogP contribution < -0.4 is 15.6 Å². The van der Waals surface area contributed by atoms with Crippen molar-refractivity contribution in [3.05, 3.63) is 80.9 Å². The normalized spacial score (nSPS) is 11.4. The minimum Gasteiger partial charge on any atom is -0.487 e. The maximum atomic E-state index is 12.5. The third kappa shape index (κ3) is 5.04. The molecule has 0 saturated heterocycles. The van der Waals surface area contributed by atoms with Crippen LogP contribution in [0, 0.1) is 18.3 Å². The largest absolute Gasteiger partial charge is 0.487 e. The average Bonchev–Trinajstić information content (AvgIpc) is 3.63. The molecule has 0 spiro atoms. The third-order valence-corrected chi connectivity index (χ3v) is 6.40. The van der Waals surface area contributed by atoms with E-state index >= 15 is 0 Å². The first-order chi connectivity index (χ1) is 17.5. The van der Waals surface area contributed by atoms with Gasteiger partial charge in [0, 0.05) is 6.07 Å². The second kappa shape index (κ2) is 9.90. The van der Waals surface area contributed by atoms with Crippen LogP contribution in [0.2, 0.25) is 0 Å². The molecule has 0 aliphatic carbocycles. The van der Waals surface area contributed by atoms with E-state index < -0.39 is 5.91 Å². The molecule has 0 atom stereocenters. The number of amides is 1. The molecule has 0 unspecified atom stereocenters. The van der Waals surface area contributed by atoms with Gasteiger partial charge in [-0.3, -0.25) is 14.9 Å². The first kappa shape index (κ1) is 23.1. The molecule has 1 N–H and O–H groups in total. The van der Waals surface area contributed by atoms with Crippen molar-refractivity contribution in [2.24, 2.45) is 0 Å². The summed E-state index contributed by atoms with van der Waals surface area (Å²) in [4.78, 5) is 29.6. The minimum atomic E-state index is -0.606. The van der Waals surface area contributed by atoms with E-state index in [1.807, 2.05) is 6.07 Å². The summed E-state index contributed by atoms with van der Waals surface area (Å²) < 4.78 is 12.3. The number of carbonyl (C=O) groups excluding carboxylic acids is 1. The molecule has 0 aliphatic heterocycles. The van der Waals surface area contributed by atoms with Gasteiger partial charge in [0.1, 0.15) is 29.0 Å². The highest BCUT2D eigenvalue weighted by atomic mass is 32.1. The summed E-state index contributed by atoms with van der Waals surface area (Å²) in [5.74, 6) is 0.469. The smallest absolute Gasteiger partial charge is 0.275 e. The lowest BCUT2D eigenvalue weighted by atomic mass is 10.1. The molecule has 4 heterocycles. The van der Waals surface area contributed by atoms with Crippen molar-refractivity contribution < 1.29 is 13.9 Å². The second-order valence-electron chi connectivity index (χ2n) is 7.27. The zero-order chi connectivity index (χ0) is 25.1. The van der Waals surface area contributed by atoms with Crippen LogP contribution >= 0.6 is 22.7 Å². The summed E-state index contributed by atoms with van der Waals surface area (Å²) in [5, 5.41) is 25.5. The lowest BCUT2D eigenvalue weighted by Gasteiger charge is -2.06. The Kier molecular flexibility index (Phi) is 6.35. The van der Waals surface area contributed by atoms with E-state index in [1.54, 1.807) is 43.3 Å². The van der Waals surface area contributed by atoms with E-state index in [9.17, 15) is 14.9 Å². The molecule has 4 aromatic heterocycles. The van der Waals surface area contributed by atoms with Crippen molar-refractivity contribution >= 4 is 44.7 Å². The lowest BCUT2D eigenvalue weighted by molar-refractivity contribution is -0.112. The molecule has 13 heteroatoms. The Bertz CT molecular complexity index is 1680. The van der Waals surface area contributed by atoms with Crippen LogP contribution in [0.5, 0.6) is 5.75 Å². The van der Waals surface area contributed by atoms with Gasteiger partial charge in [-0.05, 0) is 42.8 Å². The summed E-state index contributed by atoms with van der Waals surface area (Å²) in [7, 11) is 0. The number of fused-ring (bicyclic) bond motifs is 1. The fraction of sp³-hybridized carbons (Fsp3) is 0.0870. The molecule has 0 radical (unpaired) electrons. The summed E-state index contributed by atoms with van der Waals surface area (Å²) in [6, 6.07) is 13.5. The number of nitriles is 1. The van der Waals surface area contributed by atoms with Gasteiger partial charge in [0.2, 0.25) is 10.1 Å². The van der Waals surface area contributed by atoms with Crippen LogP contribution in [-0.4, -0.2) is 30.7 Å². The topological polar surface area (TPSA) is 148 Å². The zero-order valence-corrected chi connectivity index (χ0v) is 20.2. The predicted octanol–water partition coefficient (Wildman–Crippen LogP) is 3.70. The van der Waals surface area contributed by atoms with Crippen LogP contribution in [0.25, 0.3) is 21.8 Å². The van der Waals surface area contributed by atoms with Crippen molar-refractivity contribution in [1.82, 2.24) is 24.8 Å². The number of hydrogen-bond donors (Lipinski definition) is 1. The fourth-order valence-electron chi connectivity index (χ4n) is 3.10. The van der Waals surface area contributed by atoms with E-state index in [4.69, 9.17) is 9.15 Å². The first-order valence-electron chi connectivity index (χ1n) is 10.4. The van der Waals surface area contributed by atoms with Crippen LogP contribution in [0.15, 0.2) is 63.5 Å². The fourth-order valence-corrected chi connectivity index (χ4v) is 4.57. The van der Waals surface area contributed by atoms with Crippen LogP contribution in [0.3, 0.4) is 0 Å². The van der Waals surface area contributed by atoms with Gasteiger partial charge in [-0.25, -0.2) is 4.98 Å². The number of benzene rings is 1. The van der Waals surface area contributed by atoms with Crippen LogP contribution in [0.1, 0.15) is 16.3 Å². The quantitative estimate of drug-likeness (QED) is 0.252. The molecule has 5 aromatic rings. The van der Waals surface area contributed by atoms with E-state index in [-0.39, 0.29) is 22.9 Å². The minimum absolute atomic E-state index is 0.101. The molecule has 0 aliphatic rings. The first-order valence-corrected chi connectivity index (χ1v) is 12.0. The van der Waals surface area contributed by atoms with Gasteiger partial charge in [0.05, 0.1) is 12.0 Å². The molecular weight excluding hydrogens is 502 g/mol. The summed E-state index contributed by atoms with van der Waals surface area (Å²) in [5.41, 5.74) is 0.746. The number of aryl methyl sites for hydroxylation is 1. The summed E-state index contributed by atoms with van der Waals surface area (Å²) in [6.45, 7) is 1.91. The molecule has 1 amide bonds. The average molecular weight is 518 g/mol. The highest BCUT2D eigenvalue weighted by molar-refractivity contribution is 7.18. The van der Waals surface area contributed by atoms with Crippen molar-refractivity contribution in [3.63, 3.8) is 0 Å². The number of hydrogen-bond acceptors (Lipinski definition) is 11. The summed E-state index contributed by atoms with van der Waals surface area (Å²) in [6.07, 6.45) is 2.97. The maximum absolute atomic E-state index is 12.5. The third-order valence-electron chi connectivity index (χ3n) is 4.72. The van der Waals surface area contributed by atoms with Crippen LogP contribution in [-0.2, 0) is 11.4 Å². The summed E-state index contributed by atoms with van der Waals surface area (Å²) >= 11 is 2.46. The standard InChI is InChI=1S/C23H15N7O4S2/c1-13-29-30-19(31)10-16(25-23(30)35-13)12-34-17-6-4-14(5-7-17)9-15(11-24)20(32)26-22-28-27-21(36-22)18-3-2-8-33-18/h2-10H,12H2,1H3,(H,26,28,32)/b15-9-. The molecule has 11 nitrogen and oxygen atoms in total. The Labute approximate surface area is 211 Å². The Morgan fingerprint density at radius 1 is 1.25 bits per heavy atom. The van der Waals surface area contributed by atoms with Gasteiger partial charge in [0.15, 0.2) is 10.8 Å². The molecule has 5 rings (SSSR count). The Morgan fingerprint density at radius 3 is 2.83 bits per heavy atom. The number of aromatic nitrogens is 5. The van der Waals surface area contributed by atoms with Gasteiger partial charge in [0.25, 0.3) is 11.5 Å². The van der Waals surface area contributed by atoms with E-state index in [0.717, 1.165) is 16.3 Å². The number of ether oxygens (including phenoxy) is 1. The van der Waals surface area contributed by atoms with Crippen molar-refractivity contribution in [1.29, 1.82) is 5.26 Å². The van der Waals surface area contributed by atoms with Gasteiger partial charge >= 0.3 is 0 Å². The second-order valence-corrected chi connectivity index (χ2v) is 9.41. The lowest BCUT2D eigenvalue weighted by Crippen LogP contribution is -2.16. The highest BCUT2D eigenvalue weighted by Gasteiger charge is 2.15. The predicted molar refractivity (Wildman–Crippen MR) is 132 cm³/mol. The Morgan fingerprint density at radius 2 is 2.08 bits per heavy atom. The molecular formula is C23H15N7O4S2.